The highest BCUT2D eigenvalue weighted by atomic mass is 16.8. The Morgan fingerprint density at radius 1 is 0.282 bits per heavy atom. The molecule has 0 saturated carbocycles. The van der Waals surface area contributed by atoms with Gasteiger partial charge < -0.3 is 52.1 Å². The van der Waals surface area contributed by atoms with E-state index in [1.807, 2.05) is 0 Å². The van der Waals surface area contributed by atoms with Crippen LogP contribution in [-0.4, -0.2) is 122 Å². The molecule has 0 aromatic rings. The van der Waals surface area contributed by atoms with Crippen molar-refractivity contribution < 1.29 is 90.5 Å². The molecule has 0 aliphatic carbocycles. The van der Waals surface area contributed by atoms with E-state index in [0.717, 1.165) is 0 Å². The van der Waals surface area contributed by atoms with Gasteiger partial charge in [0.25, 0.3) is 0 Å². The lowest BCUT2D eigenvalue weighted by Gasteiger charge is -2.49. The fraction of sp³-hybridized carbons (Fsp3) is 0.846. The Hall–Kier alpha value is -4.36. The van der Waals surface area contributed by atoms with Gasteiger partial charge in [-0.05, 0) is 166 Å². The van der Waals surface area contributed by atoms with Crippen LogP contribution >= 0.6 is 0 Å². The Morgan fingerprint density at radius 2 is 0.507 bits per heavy atom. The van der Waals surface area contributed by atoms with Gasteiger partial charge in [0.15, 0.2) is 30.7 Å². The summed E-state index contributed by atoms with van der Waals surface area (Å²) in [6.07, 6.45) is -17.6. The number of hydrogen-bond donors (Lipinski definition) is 0. The van der Waals surface area contributed by atoms with Crippen molar-refractivity contribution in [3.05, 3.63) is 0 Å². The lowest BCUT2D eigenvalue weighted by Crippen LogP contribution is -2.68. The van der Waals surface area contributed by atoms with Gasteiger partial charge >= 0.3 is 47.8 Å². The third-order valence-electron chi connectivity index (χ3n) is 10.6. The first-order valence-electron chi connectivity index (χ1n) is 24.2. The first-order chi connectivity index (χ1) is 31.6. The van der Waals surface area contributed by atoms with Crippen LogP contribution in [0.15, 0.2) is 0 Å². The van der Waals surface area contributed by atoms with Gasteiger partial charge in [-0.1, -0.05) is 0 Å². The molecule has 0 aromatic heterocycles. The predicted octanol–water partition coefficient (Wildman–Crippen LogP) is 7.38. The van der Waals surface area contributed by atoms with Crippen molar-refractivity contribution in [1.82, 2.24) is 0 Å². The molecule has 19 heteroatoms. The van der Waals surface area contributed by atoms with E-state index in [-0.39, 0.29) is 0 Å². The number of rotatable bonds is 12. The highest BCUT2D eigenvalue weighted by molar-refractivity contribution is 5.79. The fourth-order valence-electron chi connectivity index (χ4n) is 5.74. The van der Waals surface area contributed by atoms with Gasteiger partial charge in [0, 0.05) is 0 Å². The lowest BCUT2D eigenvalue weighted by molar-refractivity contribution is -0.360. The third-order valence-corrected chi connectivity index (χ3v) is 10.6. The van der Waals surface area contributed by atoms with Crippen LogP contribution in [0.3, 0.4) is 0 Å². The Labute approximate surface area is 421 Å². The van der Waals surface area contributed by atoms with Crippen LogP contribution in [0.25, 0.3) is 0 Å². The minimum Gasteiger partial charge on any atom is -0.462 e. The lowest BCUT2D eigenvalue weighted by atomic mass is 9.92. The van der Waals surface area contributed by atoms with Gasteiger partial charge in [0.2, 0.25) is 12.4 Å². The van der Waals surface area contributed by atoms with Crippen LogP contribution in [0.2, 0.25) is 0 Å². The van der Waals surface area contributed by atoms with Crippen LogP contribution in [0.5, 0.6) is 0 Å². The summed E-state index contributed by atoms with van der Waals surface area (Å²) in [6, 6.07) is 0. The second-order valence-electron chi connectivity index (χ2n) is 26.6. The summed E-state index contributed by atoms with van der Waals surface area (Å²) in [5, 5.41) is 0. The number of hydrogen-bond acceptors (Lipinski definition) is 19. The maximum Gasteiger partial charge on any atom is 0.313 e. The normalized spacial score (nSPS) is 26.0. The van der Waals surface area contributed by atoms with E-state index in [1.54, 1.807) is 166 Å². The van der Waals surface area contributed by atoms with Crippen LogP contribution in [-0.2, 0) is 90.5 Å². The molecule has 2 saturated heterocycles. The zero-order chi connectivity index (χ0) is 55.6. The van der Waals surface area contributed by atoms with Gasteiger partial charge in [-0.25, -0.2) is 0 Å². The molecule has 71 heavy (non-hydrogen) atoms. The number of esters is 8. The second kappa shape index (κ2) is 22.4. The van der Waals surface area contributed by atoms with Crippen molar-refractivity contribution >= 4 is 47.8 Å². The molecule has 0 N–H and O–H groups in total. The van der Waals surface area contributed by atoms with Crippen molar-refractivity contribution in [2.24, 2.45) is 43.3 Å². The van der Waals surface area contributed by atoms with Crippen molar-refractivity contribution in [1.29, 1.82) is 0 Å². The van der Waals surface area contributed by atoms with Gasteiger partial charge in [0.05, 0.1) is 43.3 Å². The van der Waals surface area contributed by atoms with Crippen LogP contribution in [0.1, 0.15) is 166 Å². The standard InChI is InChI=1S/C52H86O19/c1-45(2,3)37(53)61-25-27-29(31(67-40(56)48(10,11)12)34(70-43(59)51(19,20)21)36(64-27)71-44(60)52(22,23)24)65-35-33(69-42(58)50(16,17)18)32(68-41(57)49(13,14)15)30(66-39(55)47(7,8)9)28(63-35)26-62-38(54)46(4,5)6/h27-36H,25-26H2,1-24H3/t27-,28-,29-,30+,31+,32+,33-,34-,35+,36-/m1/s1. The van der Waals surface area contributed by atoms with E-state index in [9.17, 15) is 38.4 Å². The van der Waals surface area contributed by atoms with Crippen molar-refractivity contribution in [3.8, 4) is 0 Å². The molecule has 10 atom stereocenters. The molecular weight excluding hydrogens is 929 g/mol. The van der Waals surface area contributed by atoms with Crippen LogP contribution in [0, 0.1) is 43.3 Å². The summed E-state index contributed by atoms with van der Waals surface area (Å²) in [5.41, 5.74) is -9.31. The Bertz CT molecular complexity index is 1930. The van der Waals surface area contributed by atoms with Crippen LogP contribution < -0.4 is 0 Å². The molecule has 0 spiro atoms. The summed E-state index contributed by atoms with van der Waals surface area (Å²) in [4.78, 5) is 111. The molecule has 0 aromatic carbocycles. The molecule has 0 radical (unpaired) electrons. The average molecular weight is 1020 g/mol. The third kappa shape index (κ3) is 18.0. The predicted molar refractivity (Wildman–Crippen MR) is 255 cm³/mol. The van der Waals surface area contributed by atoms with Crippen molar-refractivity contribution in [3.63, 3.8) is 0 Å². The van der Waals surface area contributed by atoms with E-state index in [2.05, 4.69) is 0 Å². The highest BCUT2D eigenvalue weighted by Gasteiger charge is 2.60. The van der Waals surface area contributed by atoms with Gasteiger partial charge in [-0.2, -0.15) is 0 Å². The minimum absolute atomic E-state index is 0.644. The zero-order valence-corrected chi connectivity index (χ0v) is 46.9. The van der Waals surface area contributed by atoms with Gasteiger partial charge in [-0.15, -0.1) is 0 Å². The number of ether oxygens (including phenoxy) is 11. The van der Waals surface area contributed by atoms with E-state index < -0.39 is 166 Å². The molecule has 2 rings (SSSR count). The van der Waals surface area contributed by atoms with E-state index in [4.69, 9.17) is 52.1 Å². The average Bonchev–Trinajstić information content (AvgIpc) is 3.16. The monoisotopic (exact) mass is 1010 g/mol. The smallest absolute Gasteiger partial charge is 0.313 e. The maximum absolute atomic E-state index is 14.2. The van der Waals surface area contributed by atoms with E-state index >= 15 is 0 Å². The molecule has 0 unspecified atom stereocenters. The summed E-state index contributed by atoms with van der Waals surface area (Å²) < 4.78 is 68.3. The largest absolute Gasteiger partial charge is 0.462 e. The quantitative estimate of drug-likeness (QED) is 0.137. The van der Waals surface area contributed by atoms with Gasteiger partial charge in [0.1, 0.15) is 31.5 Å². The minimum atomic E-state index is -1.96. The van der Waals surface area contributed by atoms with E-state index in [0.29, 0.717) is 0 Å². The summed E-state index contributed by atoms with van der Waals surface area (Å²) >= 11 is 0. The fourth-order valence-corrected chi connectivity index (χ4v) is 5.74. The molecule has 408 valence electrons. The number of carbonyl (C=O) groups is 8. The second-order valence-corrected chi connectivity index (χ2v) is 26.6. The summed E-state index contributed by atoms with van der Waals surface area (Å²) in [7, 11) is 0. The SMILES string of the molecule is CC(C)(C)C(=O)OC[C@H]1O[C@@H](O[C@H]2[C@H](OC(=O)C(C)(C)C)[C@@H](OC(=O)C(C)(C)C)[C@@H](OC(=O)C(C)(C)C)O[C@@H]2COC(=O)C(C)(C)C)[C@H](OC(=O)C(C)(C)C)[C@@H](OC(=O)C(C)(C)C)[C@H]1OC(=O)C(C)(C)C. The van der Waals surface area contributed by atoms with E-state index in [1.165, 1.54) is 0 Å². The molecule has 0 bridgehead atoms. The van der Waals surface area contributed by atoms with Gasteiger partial charge in [-0.3, -0.25) is 38.4 Å². The first-order valence-corrected chi connectivity index (χ1v) is 24.2. The molecule has 2 heterocycles. The molecule has 2 aliphatic heterocycles. The molecule has 0 amide bonds. The Balaban J connectivity index is 3.24. The molecule has 19 nitrogen and oxygen atoms in total. The number of carbonyl (C=O) groups excluding carboxylic acids is 8. The highest BCUT2D eigenvalue weighted by Crippen LogP contribution is 2.40. The van der Waals surface area contributed by atoms with Crippen molar-refractivity contribution in [2.45, 2.75) is 228 Å². The maximum atomic E-state index is 14.2. The summed E-state index contributed by atoms with van der Waals surface area (Å²) in [6.45, 7) is 36.5. The first kappa shape index (κ1) is 62.8. The molecule has 2 fully saturated rings. The topological polar surface area (TPSA) is 238 Å². The Morgan fingerprint density at radius 3 is 0.817 bits per heavy atom. The van der Waals surface area contributed by atoms with Crippen molar-refractivity contribution in [2.75, 3.05) is 13.2 Å². The molecule has 2 aliphatic rings. The zero-order valence-electron chi connectivity index (χ0n) is 46.9. The van der Waals surface area contributed by atoms with Crippen LogP contribution in [0.4, 0.5) is 0 Å². The molecular formula is C52H86O19. The summed E-state index contributed by atoms with van der Waals surface area (Å²) in [5.74, 6) is -6.44. The Kier molecular flexibility index (Phi) is 19.8.